The molecular formula is C18H18N4O2. The molecule has 0 radical (unpaired) electrons. The maximum atomic E-state index is 11.8. The van der Waals surface area contributed by atoms with Gasteiger partial charge >= 0.3 is 0 Å². The summed E-state index contributed by atoms with van der Waals surface area (Å²) in [5, 5.41) is 9.45. The fourth-order valence-electron chi connectivity index (χ4n) is 2.35. The molecule has 0 aliphatic carbocycles. The monoisotopic (exact) mass is 322 g/mol. The number of nitrogens with zero attached hydrogens (tertiary/aromatic N) is 2. The topological polar surface area (TPSA) is 92.8 Å². The van der Waals surface area contributed by atoms with Gasteiger partial charge in [0.1, 0.15) is 11.6 Å². The smallest absolute Gasteiger partial charge is 0.264 e. The van der Waals surface area contributed by atoms with Crippen LogP contribution >= 0.6 is 0 Å². The summed E-state index contributed by atoms with van der Waals surface area (Å²) in [5.41, 5.74) is 5.88. The molecule has 1 aromatic heterocycles. The molecule has 1 heterocycles. The van der Waals surface area contributed by atoms with Crippen LogP contribution in [-0.2, 0) is 4.79 Å². The first-order valence-corrected chi connectivity index (χ1v) is 7.72. The van der Waals surface area contributed by atoms with Crippen molar-refractivity contribution in [2.75, 3.05) is 12.3 Å². The number of nitrogens with two attached hydrogens (primary N) is 1. The molecule has 0 fully saturated rings. The van der Waals surface area contributed by atoms with Gasteiger partial charge in [-0.25, -0.2) is 0 Å². The van der Waals surface area contributed by atoms with Crippen LogP contribution in [0.3, 0.4) is 0 Å². The van der Waals surface area contributed by atoms with Crippen LogP contribution in [-0.4, -0.2) is 17.5 Å². The number of amides is 1. The minimum atomic E-state index is -0.288. The average Bonchev–Trinajstić information content (AvgIpc) is 2.94. The Labute approximate surface area is 139 Å². The third-order valence-corrected chi connectivity index (χ3v) is 3.53. The highest BCUT2D eigenvalue weighted by molar-refractivity contribution is 5.99. The quantitative estimate of drug-likeness (QED) is 0.525. The molecule has 0 bridgehead atoms. The van der Waals surface area contributed by atoms with E-state index in [1.54, 1.807) is 0 Å². The minimum Gasteiger partial charge on any atom is -0.494 e. The van der Waals surface area contributed by atoms with E-state index in [-0.39, 0.29) is 12.3 Å². The van der Waals surface area contributed by atoms with E-state index in [4.69, 9.17) is 10.5 Å². The van der Waals surface area contributed by atoms with Crippen LogP contribution in [0.2, 0.25) is 0 Å². The molecular weight excluding hydrogens is 304 g/mol. The van der Waals surface area contributed by atoms with Gasteiger partial charge in [-0.2, -0.15) is 0 Å². The molecule has 0 atom stereocenters. The van der Waals surface area contributed by atoms with Crippen molar-refractivity contribution in [2.24, 2.45) is 10.2 Å². The first-order chi connectivity index (χ1) is 11.7. The van der Waals surface area contributed by atoms with E-state index in [0.29, 0.717) is 24.7 Å². The van der Waals surface area contributed by atoms with Gasteiger partial charge in [0.15, 0.2) is 5.82 Å². The first-order valence-electron chi connectivity index (χ1n) is 7.72. The number of carbonyl (C=O) groups excluding carboxylic acids is 1. The minimum absolute atomic E-state index is 0.282. The number of fused-ring (bicyclic) bond motifs is 1. The zero-order valence-electron chi connectivity index (χ0n) is 13.1. The second-order valence-corrected chi connectivity index (χ2v) is 5.29. The van der Waals surface area contributed by atoms with E-state index in [9.17, 15) is 4.79 Å². The number of aromatic amines is 1. The van der Waals surface area contributed by atoms with Crippen molar-refractivity contribution >= 4 is 28.3 Å². The van der Waals surface area contributed by atoms with Gasteiger partial charge in [-0.05, 0) is 18.6 Å². The lowest BCUT2D eigenvalue weighted by molar-refractivity contribution is -0.118. The van der Waals surface area contributed by atoms with E-state index in [1.165, 1.54) is 0 Å². The molecule has 0 spiro atoms. The first kappa shape index (κ1) is 15.7. The number of nitrogen functional groups attached to an aromatic ring is 1. The molecule has 6 nitrogen and oxygen atoms in total. The summed E-state index contributed by atoms with van der Waals surface area (Å²) in [7, 11) is 0. The number of ether oxygens (including phenoxy) is 1. The number of hydrogen-bond donors (Lipinski definition) is 2. The van der Waals surface area contributed by atoms with Crippen molar-refractivity contribution in [1.82, 2.24) is 4.98 Å². The molecule has 0 aliphatic heterocycles. The fourth-order valence-corrected chi connectivity index (χ4v) is 2.35. The Bertz CT molecular complexity index is 856. The van der Waals surface area contributed by atoms with E-state index in [2.05, 4.69) is 15.2 Å². The van der Waals surface area contributed by atoms with Crippen LogP contribution in [0.1, 0.15) is 12.8 Å². The summed E-state index contributed by atoms with van der Waals surface area (Å²) in [6.07, 6.45) is 0.866. The molecule has 1 amide bonds. The molecule has 6 heteroatoms. The van der Waals surface area contributed by atoms with Crippen molar-refractivity contribution in [3.63, 3.8) is 0 Å². The Morgan fingerprint density at radius 3 is 2.54 bits per heavy atom. The number of azo groups is 1. The summed E-state index contributed by atoms with van der Waals surface area (Å²) in [6, 6.07) is 17.0. The average molecular weight is 322 g/mol. The van der Waals surface area contributed by atoms with Crippen LogP contribution in [0.4, 0.5) is 11.6 Å². The number of aromatic nitrogens is 1. The Morgan fingerprint density at radius 2 is 1.75 bits per heavy atom. The van der Waals surface area contributed by atoms with Crippen molar-refractivity contribution in [3.8, 4) is 5.75 Å². The zero-order chi connectivity index (χ0) is 16.8. The van der Waals surface area contributed by atoms with E-state index >= 15 is 0 Å². The molecule has 0 saturated carbocycles. The predicted octanol–water partition coefficient (Wildman–Crippen LogP) is 4.22. The fraction of sp³-hybridized carbons (Fsp3) is 0.167. The number of anilines is 1. The summed E-state index contributed by atoms with van der Waals surface area (Å²) in [6.45, 7) is 0.462. The SMILES string of the molecule is Nc1[nH]c(N=NC(=O)CCCOc2ccccc2)c2ccccc12. The van der Waals surface area contributed by atoms with Gasteiger partial charge in [-0.15, -0.1) is 10.2 Å². The molecule has 24 heavy (non-hydrogen) atoms. The highest BCUT2D eigenvalue weighted by Crippen LogP contribution is 2.30. The summed E-state index contributed by atoms with van der Waals surface area (Å²) in [5.74, 6) is 1.52. The maximum absolute atomic E-state index is 11.8. The molecule has 3 N–H and O–H groups in total. The summed E-state index contributed by atoms with van der Waals surface area (Å²) in [4.78, 5) is 14.7. The molecule has 0 unspecified atom stereocenters. The third-order valence-electron chi connectivity index (χ3n) is 3.53. The molecule has 0 aliphatic rings. The largest absolute Gasteiger partial charge is 0.494 e. The molecule has 122 valence electrons. The van der Waals surface area contributed by atoms with Gasteiger partial charge in [0.05, 0.1) is 6.61 Å². The lowest BCUT2D eigenvalue weighted by Crippen LogP contribution is -2.00. The molecule has 3 rings (SSSR count). The van der Waals surface area contributed by atoms with E-state index in [1.807, 2.05) is 54.6 Å². The number of para-hydroxylation sites is 1. The maximum Gasteiger partial charge on any atom is 0.264 e. The second kappa shape index (κ2) is 7.41. The number of carbonyl (C=O) groups is 1. The lowest BCUT2D eigenvalue weighted by atomic mass is 10.2. The second-order valence-electron chi connectivity index (χ2n) is 5.29. The number of rotatable bonds is 6. The van der Waals surface area contributed by atoms with Gasteiger partial charge < -0.3 is 15.5 Å². The zero-order valence-corrected chi connectivity index (χ0v) is 13.1. The van der Waals surface area contributed by atoms with Crippen LogP contribution in [0.5, 0.6) is 5.75 Å². The predicted molar refractivity (Wildman–Crippen MR) is 93.4 cm³/mol. The number of H-pyrrole nitrogens is 1. The molecule has 3 aromatic rings. The summed E-state index contributed by atoms with van der Waals surface area (Å²) >= 11 is 0. The van der Waals surface area contributed by atoms with Crippen molar-refractivity contribution in [1.29, 1.82) is 0 Å². The highest BCUT2D eigenvalue weighted by Gasteiger charge is 2.07. The molecule has 2 aromatic carbocycles. The van der Waals surface area contributed by atoms with Crippen LogP contribution < -0.4 is 10.5 Å². The van der Waals surface area contributed by atoms with Crippen molar-refractivity contribution < 1.29 is 9.53 Å². The third kappa shape index (κ3) is 3.78. The van der Waals surface area contributed by atoms with Gasteiger partial charge in [0.25, 0.3) is 5.91 Å². The Morgan fingerprint density at radius 1 is 1.04 bits per heavy atom. The van der Waals surface area contributed by atoms with Gasteiger partial charge in [0.2, 0.25) is 0 Å². The van der Waals surface area contributed by atoms with Gasteiger partial charge in [0, 0.05) is 17.2 Å². The Kier molecular flexibility index (Phi) is 4.86. The van der Waals surface area contributed by atoms with Gasteiger partial charge in [-0.3, -0.25) is 4.79 Å². The number of nitrogens with one attached hydrogen (secondary N) is 1. The van der Waals surface area contributed by atoms with Crippen molar-refractivity contribution in [2.45, 2.75) is 12.8 Å². The standard InChI is InChI=1S/C18H18N4O2/c19-17-14-9-4-5-10-15(14)18(20-17)22-21-16(23)11-6-12-24-13-7-2-1-3-8-13/h1-5,7-10,20H,6,11-12,19H2. The number of benzene rings is 2. The van der Waals surface area contributed by atoms with E-state index < -0.39 is 0 Å². The normalized spacial score (nSPS) is 11.2. The molecule has 0 saturated heterocycles. The van der Waals surface area contributed by atoms with Crippen LogP contribution in [0, 0.1) is 0 Å². The number of hydrogen-bond acceptors (Lipinski definition) is 4. The Hall–Kier alpha value is -3.15. The lowest BCUT2D eigenvalue weighted by Gasteiger charge is -2.03. The van der Waals surface area contributed by atoms with Gasteiger partial charge in [-0.1, -0.05) is 42.5 Å². The van der Waals surface area contributed by atoms with Crippen LogP contribution in [0.15, 0.2) is 64.8 Å². The summed E-state index contributed by atoms with van der Waals surface area (Å²) < 4.78 is 5.53. The van der Waals surface area contributed by atoms with Crippen LogP contribution in [0.25, 0.3) is 10.8 Å². The Balaban J connectivity index is 1.52. The van der Waals surface area contributed by atoms with Crippen molar-refractivity contribution in [3.05, 3.63) is 54.6 Å². The highest BCUT2D eigenvalue weighted by atomic mass is 16.5. The van der Waals surface area contributed by atoms with E-state index in [0.717, 1.165) is 16.5 Å².